The fourth-order valence-electron chi connectivity index (χ4n) is 2.87. The summed E-state index contributed by atoms with van der Waals surface area (Å²) < 4.78 is 43.0. The van der Waals surface area contributed by atoms with Crippen LogP contribution in [-0.4, -0.2) is 53.7 Å². The first-order valence-electron chi connectivity index (χ1n) is 9.13. The van der Waals surface area contributed by atoms with E-state index in [2.05, 4.69) is 10.3 Å². The van der Waals surface area contributed by atoms with E-state index in [0.29, 0.717) is 10.6 Å². The molecule has 3 rings (SSSR count). The van der Waals surface area contributed by atoms with E-state index in [9.17, 15) is 22.8 Å². The maximum atomic E-state index is 12.7. The molecule has 1 amide bonds. The molecular formula is C20H17ClF3N3O4S. The van der Waals surface area contributed by atoms with E-state index in [1.54, 1.807) is 24.3 Å². The highest BCUT2D eigenvalue weighted by Crippen LogP contribution is 2.36. The lowest BCUT2D eigenvalue weighted by Crippen LogP contribution is -2.31. The van der Waals surface area contributed by atoms with Gasteiger partial charge in [0.1, 0.15) is 10.7 Å². The molecule has 170 valence electrons. The quantitative estimate of drug-likeness (QED) is 0.577. The average molecular weight is 488 g/mol. The third-order valence-corrected chi connectivity index (χ3v) is 5.85. The number of halogens is 4. The van der Waals surface area contributed by atoms with E-state index in [4.69, 9.17) is 21.4 Å². The molecule has 0 spiro atoms. The van der Waals surface area contributed by atoms with E-state index in [1.165, 1.54) is 12.0 Å². The first kappa shape index (κ1) is 23.9. The van der Waals surface area contributed by atoms with Gasteiger partial charge < -0.3 is 20.1 Å². The Morgan fingerprint density at radius 3 is 2.59 bits per heavy atom. The molecule has 12 heteroatoms. The molecule has 2 aromatic rings. The standard InChI is InChI=1S/C20H17ClF3N3O4S/c1-31-19(30)14-10-27(6-7-28)18(29)16(14)26-12-2-4-13(5-3-12)32-17-15(21)8-11(9-25-17)20(22,23)24/h2-5,8-9,26,28H,6-7,10H2,1H3. The van der Waals surface area contributed by atoms with E-state index in [-0.39, 0.29) is 41.0 Å². The minimum absolute atomic E-state index is 0.0143. The number of alkyl halides is 3. The van der Waals surface area contributed by atoms with Crippen LogP contribution in [0.3, 0.4) is 0 Å². The van der Waals surface area contributed by atoms with Crippen molar-refractivity contribution in [2.24, 2.45) is 0 Å². The number of aromatic nitrogens is 1. The van der Waals surface area contributed by atoms with Gasteiger partial charge in [-0.3, -0.25) is 4.79 Å². The maximum Gasteiger partial charge on any atom is 0.417 e. The van der Waals surface area contributed by atoms with Gasteiger partial charge >= 0.3 is 12.1 Å². The van der Waals surface area contributed by atoms with Gasteiger partial charge in [-0.2, -0.15) is 13.2 Å². The van der Waals surface area contributed by atoms with Crippen molar-refractivity contribution in [1.82, 2.24) is 9.88 Å². The van der Waals surface area contributed by atoms with Gasteiger partial charge in [-0.25, -0.2) is 9.78 Å². The van der Waals surface area contributed by atoms with Gasteiger partial charge in [-0.15, -0.1) is 0 Å². The highest BCUT2D eigenvalue weighted by molar-refractivity contribution is 7.99. The van der Waals surface area contributed by atoms with Crippen molar-refractivity contribution in [2.75, 3.05) is 32.1 Å². The van der Waals surface area contributed by atoms with Crippen molar-refractivity contribution in [1.29, 1.82) is 0 Å². The number of aliphatic hydroxyl groups excluding tert-OH is 1. The van der Waals surface area contributed by atoms with Gasteiger partial charge in [-0.05, 0) is 30.3 Å². The van der Waals surface area contributed by atoms with Crippen LogP contribution in [0.4, 0.5) is 18.9 Å². The number of benzene rings is 1. The van der Waals surface area contributed by atoms with Gasteiger partial charge in [0, 0.05) is 23.3 Å². The number of hydrogen-bond donors (Lipinski definition) is 2. The molecule has 1 aromatic heterocycles. The number of pyridine rings is 1. The number of ether oxygens (including phenoxy) is 1. The Bertz CT molecular complexity index is 1060. The topological polar surface area (TPSA) is 91.8 Å². The summed E-state index contributed by atoms with van der Waals surface area (Å²) >= 11 is 7.01. The first-order chi connectivity index (χ1) is 15.1. The number of aliphatic hydroxyl groups is 1. The largest absolute Gasteiger partial charge is 0.466 e. The van der Waals surface area contributed by atoms with E-state index in [1.807, 2.05) is 0 Å². The molecule has 32 heavy (non-hydrogen) atoms. The van der Waals surface area contributed by atoms with Crippen molar-refractivity contribution in [3.05, 3.63) is 58.4 Å². The molecule has 0 fully saturated rings. The molecule has 2 heterocycles. The Morgan fingerprint density at radius 2 is 2.03 bits per heavy atom. The van der Waals surface area contributed by atoms with Gasteiger partial charge in [-0.1, -0.05) is 23.4 Å². The van der Waals surface area contributed by atoms with Crippen LogP contribution in [0, 0.1) is 0 Å². The zero-order valence-electron chi connectivity index (χ0n) is 16.6. The fraction of sp³-hybridized carbons (Fsp3) is 0.250. The Hall–Kier alpha value is -2.76. The molecular weight excluding hydrogens is 471 g/mol. The second-order valence-electron chi connectivity index (χ2n) is 6.56. The van der Waals surface area contributed by atoms with Crippen LogP contribution in [-0.2, 0) is 20.5 Å². The third kappa shape index (κ3) is 5.34. The number of nitrogens with one attached hydrogen (secondary N) is 1. The van der Waals surface area contributed by atoms with Gasteiger partial charge in [0.15, 0.2) is 0 Å². The zero-order chi connectivity index (χ0) is 23.5. The van der Waals surface area contributed by atoms with Crippen LogP contribution in [0.2, 0.25) is 5.02 Å². The minimum atomic E-state index is -4.53. The number of methoxy groups -OCH3 is 1. The Kier molecular flexibility index (Phi) is 7.32. The number of rotatable bonds is 7. The summed E-state index contributed by atoms with van der Waals surface area (Å²) in [6, 6.07) is 7.39. The lowest BCUT2D eigenvalue weighted by atomic mass is 10.2. The number of esters is 1. The lowest BCUT2D eigenvalue weighted by molar-refractivity contribution is -0.138. The molecule has 1 aromatic carbocycles. The first-order valence-corrected chi connectivity index (χ1v) is 10.3. The predicted molar refractivity (Wildman–Crippen MR) is 111 cm³/mol. The van der Waals surface area contributed by atoms with Crippen molar-refractivity contribution < 1.29 is 32.6 Å². The molecule has 0 saturated heterocycles. The molecule has 0 bridgehead atoms. The number of nitrogens with zero attached hydrogens (tertiary/aromatic N) is 2. The Labute approximate surface area is 190 Å². The number of amides is 1. The molecule has 0 aliphatic carbocycles. The second kappa shape index (κ2) is 9.80. The summed E-state index contributed by atoms with van der Waals surface area (Å²) in [6.07, 6.45) is -3.82. The van der Waals surface area contributed by atoms with E-state index >= 15 is 0 Å². The summed E-state index contributed by atoms with van der Waals surface area (Å²) in [7, 11) is 1.21. The van der Waals surface area contributed by atoms with Gasteiger partial charge in [0.05, 0.1) is 36.4 Å². The molecule has 1 aliphatic rings. The monoisotopic (exact) mass is 487 g/mol. The normalized spacial score (nSPS) is 14.2. The van der Waals surface area contributed by atoms with Crippen LogP contribution >= 0.6 is 23.4 Å². The SMILES string of the molecule is COC(=O)C1=C(Nc2ccc(Sc3ncc(C(F)(F)F)cc3Cl)cc2)C(=O)N(CCO)C1. The van der Waals surface area contributed by atoms with Crippen LogP contribution in [0.1, 0.15) is 5.56 Å². The number of β-amino-alcohol motifs (C(OH)–C–C–N with tert-alkyl or cyclic N) is 1. The van der Waals surface area contributed by atoms with Crippen molar-refractivity contribution in [3.8, 4) is 0 Å². The van der Waals surface area contributed by atoms with Crippen molar-refractivity contribution in [3.63, 3.8) is 0 Å². The highest BCUT2D eigenvalue weighted by Gasteiger charge is 2.34. The lowest BCUT2D eigenvalue weighted by Gasteiger charge is -2.15. The van der Waals surface area contributed by atoms with Crippen LogP contribution in [0.15, 0.2) is 57.7 Å². The van der Waals surface area contributed by atoms with Crippen LogP contribution < -0.4 is 5.32 Å². The maximum absolute atomic E-state index is 12.7. The predicted octanol–water partition coefficient (Wildman–Crippen LogP) is 3.58. The molecule has 7 nitrogen and oxygen atoms in total. The summed E-state index contributed by atoms with van der Waals surface area (Å²) in [6.45, 7) is -0.165. The Morgan fingerprint density at radius 1 is 1.34 bits per heavy atom. The molecule has 2 N–H and O–H groups in total. The Balaban J connectivity index is 1.75. The highest BCUT2D eigenvalue weighted by atomic mass is 35.5. The average Bonchev–Trinajstić information content (AvgIpc) is 3.05. The smallest absolute Gasteiger partial charge is 0.417 e. The molecule has 0 unspecified atom stereocenters. The summed E-state index contributed by atoms with van der Waals surface area (Å²) in [5.41, 5.74) is -0.239. The van der Waals surface area contributed by atoms with Crippen molar-refractivity contribution >= 4 is 40.9 Å². The van der Waals surface area contributed by atoms with E-state index < -0.39 is 23.6 Å². The molecule has 0 atom stereocenters. The van der Waals surface area contributed by atoms with Gasteiger partial charge in [0.25, 0.3) is 5.91 Å². The van der Waals surface area contributed by atoms with Crippen LogP contribution in [0.25, 0.3) is 0 Å². The number of carbonyl (C=O) groups is 2. The molecule has 0 radical (unpaired) electrons. The third-order valence-electron chi connectivity index (χ3n) is 4.43. The summed E-state index contributed by atoms with van der Waals surface area (Å²) in [5.74, 6) is -1.10. The zero-order valence-corrected chi connectivity index (χ0v) is 18.1. The minimum Gasteiger partial charge on any atom is -0.466 e. The number of hydrogen-bond acceptors (Lipinski definition) is 7. The molecule has 1 aliphatic heterocycles. The summed E-state index contributed by atoms with van der Waals surface area (Å²) in [4.78, 5) is 30.3. The fourth-order valence-corrected chi connectivity index (χ4v) is 3.91. The number of carbonyl (C=O) groups excluding carboxylic acids is 2. The van der Waals surface area contributed by atoms with E-state index in [0.717, 1.165) is 24.0 Å². The molecule has 0 saturated carbocycles. The summed E-state index contributed by atoms with van der Waals surface area (Å²) in [5, 5.41) is 12.1. The van der Waals surface area contributed by atoms with Crippen molar-refractivity contribution in [2.45, 2.75) is 16.1 Å². The number of anilines is 1. The van der Waals surface area contributed by atoms with Gasteiger partial charge in [0.2, 0.25) is 0 Å². The second-order valence-corrected chi connectivity index (χ2v) is 8.03. The van der Waals surface area contributed by atoms with Crippen LogP contribution in [0.5, 0.6) is 0 Å².